The number of aryl methyl sites for hydroxylation is 2. The normalized spacial score (nSPS) is 19.8. The second-order valence-electron chi connectivity index (χ2n) is 4.62. The lowest BCUT2D eigenvalue weighted by molar-refractivity contribution is 0.504. The third-order valence-corrected chi connectivity index (χ3v) is 3.18. The zero-order valence-electron chi connectivity index (χ0n) is 10.2. The van der Waals surface area contributed by atoms with Crippen LogP contribution in [0.3, 0.4) is 0 Å². The fraction of sp³-hybridized carbons (Fsp3) is 0.500. The van der Waals surface area contributed by atoms with Gasteiger partial charge < -0.3 is 5.32 Å². The van der Waals surface area contributed by atoms with Crippen LogP contribution >= 0.6 is 0 Å². The first kappa shape index (κ1) is 11.2. The lowest BCUT2D eigenvalue weighted by Gasteiger charge is -2.19. The average molecular weight is 216 g/mol. The number of pyridine rings is 1. The molecule has 0 aromatic carbocycles. The molecule has 1 unspecified atom stereocenters. The molecule has 0 amide bonds. The van der Waals surface area contributed by atoms with Gasteiger partial charge in [-0.05, 0) is 51.2 Å². The van der Waals surface area contributed by atoms with Gasteiger partial charge in [0.15, 0.2) is 0 Å². The summed E-state index contributed by atoms with van der Waals surface area (Å²) in [5.74, 6) is 0.783. The Balaban J connectivity index is 1.91. The van der Waals surface area contributed by atoms with Crippen LogP contribution in [0.4, 0.5) is 5.69 Å². The van der Waals surface area contributed by atoms with Crippen molar-refractivity contribution in [3.05, 3.63) is 35.7 Å². The maximum Gasteiger partial charge on any atom is 0.0606 e. The monoisotopic (exact) mass is 216 g/mol. The highest BCUT2D eigenvalue weighted by Gasteiger charge is 2.09. The van der Waals surface area contributed by atoms with Crippen molar-refractivity contribution in [3.8, 4) is 0 Å². The van der Waals surface area contributed by atoms with Crippen LogP contribution in [0.5, 0.6) is 0 Å². The highest BCUT2D eigenvalue weighted by atomic mass is 14.9. The molecule has 0 radical (unpaired) electrons. The summed E-state index contributed by atoms with van der Waals surface area (Å²) in [4.78, 5) is 4.46. The van der Waals surface area contributed by atoms with Gasteiger partial charge in [-0.3, -0.25) is 4.98 Å². The van der Waals surface area contributed by atoms with Crippen molar-refractivity contribution in [2.75, 3.05) is 11.9 Å². The van der Waals surface area contributed by atoms with Gasteiger partial charge in [-0.1, -0.05) is 12.2 Å². The second kappa shape index (κ2) is 5.15. The van der Waals surface area contributed by atoms with Gasteiger partial charge in [0.2, 0.25) is 0 Å². The topological polar surface area (TPSA) is 24.9 Å². The van der Waals surface area contributed by atoms with Gasteiger partial charge in [0.05, 0.1) is 11.4 Å². The van der Waals surface area contributed by atoms with Crippen molar-refractivity contribution in [1.29, 1.82) is 0 Å². The summed E-state index contributed by atoms with van der Waals surface area (Å²) in [7, 11) is 0. The van der Waals surface area contributed by atoms with Crippen LogP contribution in [0.25, 0.3) is 0 Å². The average Bonchev–Trinajstić information content (AvgIpc) is 2.29. The number of hydrogen-bond acceptors (Lipinski definition) is 2. The molecule has 1 atom stereocenters. The number of hydrogen-bond donors (Lipinski definition) is 1. The van der Waals surface area contributed by atoms with E-state index < -0.39 is 0 Å². The molecule has 1 aliphatic carbocycles. The van der Waals surface area contributed by atoms with Gasteiger partial charge in [0, 0.05) is 12.2 Å². The summed E-state index contributed by atoms with van der Waals surface area (Å²) >= 11 is 0. The molecule has 1 N–H and O–H groups in total. The van der Waals surface area contributed by atoms with Crippen LogP contribution in [-0.2, 0) is 0 Å². The fourth-order valence-electron chi connectivity index (χ4n) is 2.17. The third kappa shape index (κ3) is 2.84. The van der Waals surface area contributed by atoms with Gasteiger partial charge in [0.25, 0.3) is 0 Å². The maximum atomic E-state index is 4.46. The molecule has 0 saturated carbocycles. The van der Waals surface area contributed by atoms with Crippen molar-refractivity contribution in [2.45, 2.75) is 33.1 Å². The van der Waals surface area contributed by atoms with Crippen molar-refractivity contribution >= 4 is 5.69 Å². The number of allylic oxidation sites excluding steroid dienone is 2. The lowest BCUT2D eigenvalue weighted by Crippen LogP contribution is -2.16. The minimum absolute atomic E-state index is 0.783. The predicted octanol–water partition coefficient (Wildman–Crippen LogP) is 3.47. The SMILES string of the molecule is Cc1ccc(NCC2CC=CCC2)c(C)n1. The second-order valence-corrected chi connectivity index (χ2v) is 4.62. The largest absolute Gasteiger partial charge is 0.383 e. The zero-order valence-corrected chi connectivity index (χ0v) is 10.2. The van der Waals surface area contributed by atoms with Crippen LogP contribution < -0.4 is 5.32 Å². The van der Waals surface area contributed by atoms with Crippen molar-refractivity contribution in [1.82, 2.24) is 4.98 Å². The van der Waals surface area contributed by atoms with E-state index in [1.165, 1.54) is 24.9 Å². The molecular formula is C14H20N2. The predicted molar refractivity (Wildman–Crippen MR) is 68.7 cm³/mol. The van der Waals surface area contributed by atoms with E-state index in [1.807, 2.05) is 6.92 Å². The highest BCUT2D eigenvalue weighted by Crippen LogP contribution is 2.20. The molecule has 16 heavy (non-hydrogen) atoms. The molecule has 2 nitrogen and oxygen atoms in total. The summed E-state index contributed by atoms with van der Waals surface area (Å²) in [5, 5.41) is 3.51. The molecule has 0 aliphatic heterocycles. The van der Waals surface area contributed by atoms with Crippen molar-refractivity contribution < 1.29 is 0 Å². The molecule has 2 rings (SSSR count). The molecule has 1 aromatic rings. The first-order valence-corrected chi connectivity index (χ1v) is 6.09. The van der Waals surface area contributed by atoms with Gasteiger partial charge >= 0.3 is 0 Å². The Kier molecular flexibility index (Phi) is 3.60. The Morgan fingerprint density at radius 3 is 2.88 bits per heavy atom. The standard InChI is InChI=1S/C14H20N2/c1-11-8-9-14(12(2)16-11)15-10-13-6-4-3-5-7-13/h3-4,8-9,13,15H,5-7,10H2,1-2H3. The van der Waals surface area contributed by atoms with Crippen molar-refractivity contribution in [2.24, 2.45) is 5.92 Å². The van der Waals surface area contributed by atoms with E-state index in [0.717, 1.165) is 23.9 Å². The van der Waals surface area contributed by atoms with E-state index in [2.05, 4.69) is 41.5 Å². The molecule has 0 saturated heterocycles. The minimum atomic E-state index is 0.783. The van der Waals surface area contributed by atoms with E-state index in [9.17, 15) is 0 Å². The molecule has 0 fully saturated rings. The molecule has 2 heteroatoms. The number of aromatic nitrogens is 1. The minimum Gasteiger partial charge on any atom is -0.383 e. The Hall–Kier alpha value is -1.31. The molecule has 86 valence electrons. The van der Waals surface area contributed by atoms with E-state index in [1.54, 1.807) is 0 Å². The molecule has 1 heterocycles. The molecule has 1 aromatic heterocycles. The number of anilines is 1. The molecule has 0 spiro atoms. The summed E-state index contributed by atoms with van der Waals surface area (Å²) < 4.78 is 0. The number of rotatable bonds is 3. The smallest absolute Gasteiger partial charge is 0.0606 e. The van der Waals surface area contributed by atoms with Gasteiger partial charge in [0.1, 0.15) is 0 Å². The van der Waals surface area contributed by atoms with E-state index in [-0.39, 0.29) is 0 Å². The van der Waals surface area contributed by atoms with Crippen LogP contribution in [0.15, 0.2) is 24.3 Å². The van der Waals surface area contributed by atoms with Crippen LogP contribution in [0.2, 0.25) is 0 Å². The first-order valence-electron chi connectivity index (χ1n) is 6.09. The van der Waals surface area contributed by atoms with Crippen LogP contribution in [-0.4, -0.2) is 11.5 Å². The van der Waals surface area contributed by atoms with Crippen LogP contribution in [0.1, 0.15) is 30.7 Å². The zero-order chi connectivity index (χ0) is 11.4. The van der Waals surface area contributed by atoms with E-state index in [0.29, 0.717) is 0 Å². The number of nitrogens with one attached hydrogen (secondary N) is 1. The van der Waals surface area contributed by atoms with Crippen LogP contribution in [0, 0.1) is 19.8 Å². The van der Waals surface area contributed by atoms with E-state index in [4.69, 9.17) is 0 Å². The molecular weight excluding hydrogens is 196 g/mol. The van der Waals surface area contributed by atoms with Gasteiger partial charge in [-0.2, -0.15) is 0 Å². The maximum absolute atomic E-state index is 4.46. The Labute approximate surface area is 97.8 Å². The van der Waals surface area contributed by atoms with E-state index >= 15 is 0 Å². The Morgan fingerprint density at radius 2 is 2.19 bits per heavy atom. The van der Waals surface area contributed by atoms with Gasteiger partial charge in [-0.15, -0.1) is 0 Å². The highest BCUT2D eigenvalue weighted by molar-refractivity contribution is 5.47. The fourth-order valence-corrected chi connectivity index (χ4v) is 2.17. The Bertz CT molecular complexity index is 382. The Morgan fingerprint density at radius 1 is 1.31 bits per heavy atom. The summed E-state index contributed by atoms with van der Waals surface area (Å²) in [5.41, 5.74) is 3.37. The first-order chi connectivity index (χ1) is 7.75. The summed E-state index contributed by atoms with van der Waals surface area (Å²) in [6.45, 7) is 5.16. The summed E-state index contributed by atoms with van der Waals surface area (Å²) in [6, 6.07) is 4.20. The summed E-state index contributed by atoms with van der Waals surface area (Å²) in [6.07, 6.45) is 8.34. The molecule has 1 aliphatic rings. The molecule has 0 bridgehead atoms. The lowest BCUT2D eigenvalue weighted by atomic mass is 9.94. The quantitative estimate of drug-likeness (QED) is 0.783. The van der Waals surface area contributed by atoms with Gasteiger partial charge in [-0.25, -0.2) is 0 Å². The third-order valence-electron chi connectivity index (χ3n) is 3.18. The number of nitrogens with zero attached hydrogens (tertiary/aromatic N) is 1. The van der Waals surface area contributed by atoms with Crippen molar-refractivity contribution in [3.63, 3.8) is 0 Å².